The Balaban J connectivity index is 2.03. The second kappa shape index (κ2) is 9.17. The van der Waals surface area contributed by atoms with Crippen LogP contribution in [0.2, 0.25) is 0 Å². The highest BCUT2D eigenvalue weighted by Gasteiger charge is 2.11. The Hall–Kier alpha value is -2.22. The van der Waals surface area contributed by atoms with Crippen LogP contribution >= 0.6 is 11.3 Å². The number of hydrogen-bond donors (Lipinski definition) is 2. The Morgan fingerprint density at radius 1 is 1.33 bits per heavy atom. The van der Waals surface area contributed by atoms with Crippen LogP contribution in [-0.4, -0.2) is 17.8 Å². The summed E-state index contributed by atoms with van der Waals surface area (Å²) < 4.78 is 32.9. The lowest BCUT2D eigenvalue weighted by Gasteiger charge is -2.10. The van der Waals surface area contributed by atoms with Crippen LogP contribution < -0.4 is 15.9 Å². The second-order valence-electron chi connectivity index (χ2n) is 5.16. The molecule has 2 rings (SSSR count). The number of hydrazone groups is 1. The van der Waals surface area contributed by atoms with E-state index in [9.17, 15) is 8.78 Å². The van der Waals surface area contributed by atoms with Crippen molar-refractivity contribution in [1.29, 1.82) is 0 Å². The molecule has 0 atom stereocenters. The summed E-state index contributed by atoms with van der Waals surface area (Å²) in [6, 6.07) is 1.97. The Labute approximate surface area is 143 Å². The summed E-state index contributed by atoms with van der Waals surface area (Å²) in [5, 5.41) is 6.08. The predicted octanol–water partition coefficient (Wildman–Crippen LogP) is 4.41. The number of rotatable bonds is 9. The number of nitrogens with two attached hydrogens (primary N) is 1. The first kappa shape index (κ1) is 18.1. The predicted molar refractivity (Wildman–Crippen MR) is 93.7 cm³/mol. The number of hydrogen-bond acceptors (Lipinski definition) is 6. The highest BCUT2D eigenvalue weighted by atomic mass is 32.1. The van der Waals surface area contributed by atoms with Crippen molar-refractivity contribution < 1.29 is 13.5 Å². The van der Waals surface area contributed by atoms with Crippen molar-refractivity contribution in [3.63, 3.8) is 0 Å². The molecule has 1 aromatic carbocycles. The van der Waals surface area contributed by atoms with Crippen LogP contribution in [0.4, 0.5) is 19.7 Å². The number of nitrogen functional groups attached to an aromatic ring is 1. The molecule has 0 bridgehead atoms. The van der Waals surface area contributed by atoms with Crippen molar-refractivity contribution in [2.45, 2.75) is 32.6 Å². The van der Waals surface area contributed by atoms with Crippen LogP contribution in [0.1, 0.15) is 38.2 Å². The molecule has 0 unspecified atom stereocenters. The van der Waals surface area contributed by atoms with Crippen molar-refractivity contribution in [3.05, 3.63) is 34.7 Å². The molecule has 130 valence electrons. The van der Waals surface area contributed by atoms with Gasteiger partial charge in [-0.05, 0) is 12.5 Å². The van der Waals surface area contributed by atoms with Crippen molar-refractivity contribution in [3.8, 4) is 5.75 Å². The molecular weight excluding hydrogens is 334 g/mol. The van der Waals surface area contributed by atoms with Crippen molar-refractivity contribution in [2.24, 2.45) is 5.10 Å². The third-order valence-corrected chi connectivity index (χ3v) is 3.93. The summed E-state index contributed by atoms with van der Waals surface area (Å²) in [7, 11) is 0. The molecule has 0 aliphatic heterocycles. The molecule has 0 saturated carbocycles. The zero-order chi connectivity index (χ0) is 17.4. The Bertz CT molecular complexity index is 691. The minimum Gasteiger partial charge on any atom is -0.490 e. The molecule has 0 amide bonds. The van der Waals surface area contributed by atoms with Gasteiger partial charge in [-0.15, -0.1) is 11.3 Å². The van der Waals surface area contributed by atoms with Crippen molar-refractivity contribution in [2.75, 3.05) is 17.8 Å². The lowest BCUT2D eigenvalue weighted by atomic mass is 10.2. The molecule has 5 nitrogen and oxygen atoms in total. The average Bonchev–Trinajstić information content (AvgIpc) is 2.94. The molecule has 8 heteroatoms. The van der Waals surface area contributed by atoms with Crippen molar-refractivity contribution >= 4 is 28.5 Å². The molecule has 2 aromatic rings. The van der Waals surface area contributed by atoms with Crippen LogP contribution in [0.25, 0.3) is 0 Å². The largest absolute Gasteiger partial charge is 0.490 e. The minimum absolute atomic E-state index is 0.00268. The number of unbranched alkanes of at least 4 members (excludes halogenated alkanes) is 3. The highest BCUT2D eigenvalue weighted by Crippen LogP contribution is 2.24. The smallest absolute Gasteiger partial charge is 0.205 e. The molecule has 0 fully saturated rings. The average molecular weight is 354 g/mol. The zero-order valence-corrected chi connectivity index (χ0v) is 14.2. The number of halogens is 2. The number of nitrogens with one attached hydrogen (secondary N) is 1. The number of thiazole rings is 1. The molecule has 0 spiro atoms. The first-order valence-electron chi connectivity index (χ1n) is 7.72. The van der Waals surface area contributed by atoms with Crippen LogP contribution in [0.3, 0.4) is 0 Å². The summed E-state index contributed by atoms with van der Waals surface area (Å²) in [6.45, 7) is 2.48. The van der Waals surface area contributed by atoms with E-state index in [4.69, 9.17) is 10.5 Å². The third-order valence-electron chi connectivity index (χ3n) is 3.17. The number of aromatic nitrogens is 1. The highest BCUT2D eigenvalue weighted by molar-refractivity contribution is 7.14. The van der Waals surface area contributed by atoms with E-state index >= 15 is 0 Å². The van der Waals surface area contributed by atoms with Crippen LogP contribution in [-0.2, 0) is 0 Å². The van der Waals surface area contributed by atoms with Gasteiger partial charge in [0.25, 0.3) is 0 Å². The Kier molecular flexibility index (Phi) is 6.92. The molecule has 24 heavy (non-hydrogen) atoms. The lowest BCUT2D eigenvalue weighted by Crippen LogP contribution is -2.04. The fourth-order valence-corrected chi connectivity index (χ4v) is 2.57. The van der Waals surface area contributed by atoms with Crippen LogP contribution in [0.15, 0.2) is 22.6 Å². The monoisotopic (exact) mass is 354 g/mol. The number of nitrogens with zero attached hydrogens (tertiary/aromatic N) is 2. The number of benzene rings is 1. The standard InChI is InChI=1S/C16H20F2N4OS/c1-2-3-4-5-6-23-15-11(7-12(17)8-13(15)18)9-20-22-16-21-14(19)10-24-16/h7-10H,2-6,19H2,1H3,(H,21,22). The molecule has 0 radical (unpaired) electrons. The van der Waals surface area contributed by atoms with E-state index in [0.29, 0.717) is 17.6 Å². The van der Waals surface area contributed by atoms with Crippen LogP contribution in [0.5, 0.6) is 5.75 Å². The summed E-state index contributed by atoms with van der Waals surface area (Å²) in [4.78, 5) is 3.97. The van der Waals surface area contributed by atoms with E-state index in [1.54, 1.807) is 5.38 Å². The van der Waals surface area contributed by atoms with E-state index < -0.39 is 11.6 Å². The Morgan fingerprint density at radius 2 is 2.17 bits per heavy atom. The summed E-state index contributed by atoms with van der Waals surface area (Å²) in [5.74, 6) is -1.06. The van der Waals surface area contributed by atoms with E-state index in [-0.39, 0.29) is 11.3 Å². The molecule has 0 saturated heterocycles. The molecule has 3 N–H and O–H groups in total. The molecule has 0 aliphatic rings. The van der Waals surface area contributed by atoms with E-state index in [1.807, 2.05) is 0 Å². The van der Waals surface area contributed by atoms with Gasteiger partial charge in [0.1, 0.15) is 11.6 Å². The fraction of sp³-hybridized carbons (Fsp3) is 0.375. The van der Waals surface area contributed by atoms with Gasteiger partial charge in [-0.1, -0.05) is 26.2 Å². The lowest BCUT2D eigenvalue weighted by molar-refractivity contribution is 0.289. The molecular formula is C16H20F2N4OS. The van der Waals surface area contributed by atoms with Gasteiger partial charge in [0.05, 0.1) is 12.8 Å². The maximum atomic E-state index is 14.0. The summed E-state index contributed by atoms with van der Waals surface area (Å²) >= 11 is 1.28. The fourth-order valence-electron chi connectivity index (χ4n) is 2.03. The van der Waals surface area contributed by atoms with Crippen molar-refractivity contribution in [1.82, 2.24) is 4.98 Å². The third kappa shape index (κ3) is 5.45. The van der Waals surface area contributed by atoms with Gasteiger partial charge >= 0.3 is 0 Å². The van der Waals surface area contributed by atoms with Gasteiger partial charge in [-0.25, -0.2) is 13.8 Å². The summed E-state index contributed by atoms with van der Waals surface area (Å²) in [5.41, 5.74) is 8.39. The van der Waals surface area contributed by atoms with E-state index in [2.05, 4.69) is 22.4 Å². The van der Waals surface area contributed by atoms with Gasteiger partial charge in [0.15, 0.2) is 11.6 Å². The second-order valence-corrected chi connectivity index (χ2v) is 6.02. The number of anilines is 2. The van der Waals surface area contributed by atoms with E-state index in [1.165, 1.54) is 23.6 Å². The number of ether oxygens (including phenoxy) is 1. The molecule has 1 heterocycles. The van der Waals surface area contributed by atoms with Crippen LogP contribution in [0, 0.1) is 11.6 Å². The van der Waals surface area contributed by atoms with Gasteiger partial charge in [-0.2, -0.15) is 5.10 Å². The van der Waals surface area contributed by atoms with Gasteiger partial charge in [0, 0.05) is 17.0 Å². The normalized spacial score (nSPS) is 11.1. The first-order valence-corrected chi connectivity index (χ1v) is 8.60. The topological polar surface area (TPSA) is 72.5 Å². The van der Waals surface area contributed by atoms with Gasteiger partial charge < -0.3 is 10.5 Å². The Morgan fingerprint density at radius 3 is 2.88 bits per heavy atom. The van der Waals surface area contributed by atoms with E-state index in [0.717, 1.165) is 31.7 Å². The van der Waals surface area contributed by atoms with Gasteiger partial charge in [0.2, 0.25) is 5.13 Å². The quantitative estimate of drug-likeness (QED) is 0.397. The minimum atomic E-state index is -0.745. The first-order chi connectivity index (χ1) is 11.6. The SMILES string of the molecule is CCCCCCOc1c(F)cc(F)cc1C=NNc1nc(N)cs1. The molecule has 1 aromatic heterocycles. The summed E-state index contributed by atoms with van der Waals surface area (Å²) in [6.07, 6.45) is 5.33. The zero-order valence-electron chi connectivity index (χ0n) is 13.4. The maximum Gasteiger partial charge on any atom is 0.205 e. The van der Waals surface area contributed by atoms with Gasteiger partial charge in [-0.3, -0.25) is 5.43 Å². The molecule has 0 aliphatic carbocycles. The maximum absolute atomic E-state index is 14.0.